The molecule has 4 aliphatic heterocycles. The van der Waals surface area contributed by atoms with E-state index in [-0.39, 0.29) is 29.8 Å². The Kier molecular flexibility index (Phi) is 8.89. The smallest absolute Gasteiger partial charge is 0.313 e. The SMILES string of the molecule is CC[C@]12/C=C\CCCCOC(=O)[C@H]1[C@H]1C(=O)N([C@@H](CO)CC(C)C)C3C(=O)N(C(C)(C)CC(C)(C)C)CC=C[C@@]31O2. The molecule has 4 aliphatic rings. The van der Waals surface area contributed by atoms with Crippen LogP contribution in [0.2, 0.25) is 0 Å². The van der Waals surface area contributed by atoms with E-state index in [0.717, 1.165) is 25.7 Å². The molecule has 0 aliphatic carbocycles. The lowest BCUT2D eigenvalue weighted by molar-refractivity contribution is -0.165. The van der Waals surface area contributed by atoms with Crippen LogP contribution in [0.5, 0.6) is 0 Å². The second-order valence-electron chi connectivity index (χ2n) is 14.8. The maximum Gasteiger partial charge on any atom is 0.313 e. The number of hydrogen-bond acceptors (Lipinski definition) is 6. The van der Waals surface area contributed by atoms with Gasteiger partial charge in [0.2, 0.25) is 11.8 Å². The zero-order valence-corrected chi connectivity index (χ0v) is 26.4. The number of nitrogens with zero attached hydrogens (tertiary/aromatic N) is 2. The molecule has 230 valence electrons. The lowest BCUT2D eigenvalue weighted by Gasteiger charge is -2.46. The van der Waals surface area contributed by atoms with Gasteiger partial charge in [0, 0.05) is 12.1 Å². The topological polar surface area (TPSA) is 96.4 Å². The first kappa shape index (κ1) is 31.7. The van der Waals surface area contributed by atoms with Crippen LogP contribution in [0.1, 0.15) is 93.9 Å². The number of likely N-dealkylation sites (tertiary alicyclic amines) is 1. The van der Waals surface area contributed by atoms with E-state index in [1.807, 2.05) is 43.9 Å². The number of amides is 2. The van der Waals surface area contributed by atoms with Crippen LogP contribution < -0.4 is 0 Å². The number of aliphatic hydroxyl groups is 1. The summed E-state index contributed by atoms with van der Waals surface area (Å²) in [5, 5.41) is 10.6. The minimum absolute atomic E-state index is 0.0381. The van der Waals surface area contributed by atoms with Crippen molar-refractivity contribution in [1.82, 2.24) is 9.80 Å². The minimum Gasteiger partial charge on any atom is -0.465 e. The Bertz CT molecular complexity index is 1070. The number of hydrogen-bond donors (Lipinski definition) is 1. The standard InChI is InChI=1S/C33H52N2O6/c1-9-32-15-12-10-11-13-18-40-29(39)25(32)24-27(37)35(23(20-36)19-22(2)3)26-28(38)34(17-14-16-33(24,26)41-32)31(7,8)21-30(4,5)6/h12,14-16,22-26,36H,9-11,13,17-21H2,1-8H3/b15-12-/t23-,24+,25-,26?,32+,33+/m1/s1. The molecule has 4 rings (SSSR count). The molecule has 0 aromatic carbocycles. The summed E-state index contributed by atoms with van der Waals surface area (Å²) in [4.78, 5) is 46.8. The number of rotatable bonds is 7. The number of esters is 1. The Morgan fingerprint density at radius 2 is 1.73 bits per heavy atom. The summed E-state index contributed by atoms with van der Waals surface area (Å²) in [6, 6.07) is -1.58. The summed E-state index contributed by atoms with van der Waals surface area (Å²) in [5.74, 6) is -2.62. The number of ether oxygens (including phenoxy) is 2. The summed E-state index contributed by atoms with van der Waals surface area (Å²) in [5.41, 5.74) is -2.98. The van der Waals surface area contributed by atoms with Crippen molar-refractivity contribution >= 4 is 17.8 Å². The molecule has 0 saturated carbocycles. The molecule has 0 aromatic heterocycles. The van der Waals surface area contributed by atoms with E-state index in [1.165, 1.54) is 0 Å². The van der Waals surface area contributed by atoms with E-state index in [9.17, 15) is 19.5 Å². The van der Waals surface area contributed by atoms with Crippen molar-refractivity contribution in [2.24, 2.45) is 23.2 Å². The Hall–Kier alpha value is -2.19. The lowest BCUT2D eigenvalue weighted by atomic mass is 9.73. The highest BCUT2D eigenvalue weighted by Crippen LogP contribution is 2.59. The largest absolute Gasteiger partial charge is 0.465 e. The quantitative estimate of drug-likeness (QED) is 0.352. The van der Waals surface area contributed by atoms with E-state index < -0.39 is 46.6 Å². The molecule has 4 heterocycles. The van der Waals surface area contributed by atoms with Crippen LogP contribution in [-0.4, -0.2) is 81.3 Å². The van der Waals surface area contributed by atoms with Crippen LogP contribution in [0.25, 0.3) is 0 Å². The molecule has 8 nitrogen and oxygen atoms in total. The number of aliphatic hydroxyl groups excluding tert-OH is 1. The number of fused-ring (bicyclic) bond motifs is 2. The minimum atomic E-state index is -1.36. The number of carbonyl (C=O) groups is 3. The molecule has 0 aromatic rings. The van der Waals surface area contributed by atoms with E-state index in [0.29, 0.717) is 26.0 Å². The third-order valence-electron chi connectivity index (χ3n) is 9.36. The normalized spacial score (nSPS) is 34.2. The molecule has 2 amide bonds. The van der Waals surface area contributed by atoms with Gasteiger partial charge in [-0.05, 0) is 63.7 Å². The van der Waals surface area contributed by atoms with Crippen molar-refractivity contribution in [1.29, 1.82) is 0 Å². The third kappa shape index (κ3) is 5.63. The molecule has 2 saturated heterocycles. The van der Waals surface area contributed by atoms with E-state index in [2.05, 4.69) is 40.7 Å². The average Bonchev–Trinajstić information content (AvgIpc) is 3.22. The van der Waals surface area contributed by atoms with E-state index >= 15 is 0 Å². The van der Waals surface area contributed by atoms with Crippen molar-refractivity contribution in [3.05, 3.63) is 24.3 Å². The molecule has 1 unspecified atom stereocenters. The van der Waals surface area contributed by atoms with Crippen LogP contribution in [0.4, 0.5) is 0 Å². The molecular weight excluding hydrogens is 520 g/mol. The average molecular weight is 573 g/mol. The van der Waals surface area contributed by atoms with Gasteiger partial charge in [0.15, 0.2) is 0 Å². The maximum absolute atomic E-state index is 14.9. The fraction of sp³-hybridized carbons (Fsp3) is 0.788. The summed E-state index contributed by atoms with van der Waals surface area (Å²) >= 11 is 0. The number of cyclic esters (lactones) is 1. The van der Waals surface area contributed by atoms with Gasteiger partial charge in [0.25, 0.3) is 0 Å². The third-order valence-corrected chi connectivity index (χ3v) is 9.36. The Balaban J connectivity index is 1.92. The molecule has 1 N–H and O–H groups in total. The zero-order valence-electron chi connectivity index (χ0n) is 26.4. The summed E-state index contributed by atoms with van der Waals surface area (Å²) < 4.78 is 12.8. The van der Waals surface area contributed by atoms with Crippen molar-refractivity contribution in [3.8, 4) is 0 Å². The second kappa shape index (κ2) is 11.5. The highest BCUT2D eigenvalue weighted by atomic mass is 16.6. The predicted molar refractivity (Wildman–Crippen MR) is 158 cm³/mol. The molecular formula is C33H52N2O6. The lowest BCUT2D eigenvalue weighted by Crippen LogP contribution is -2.62. The maximum atomic E-state index is 14.9. The van der Waals surface area contributed by atoms with Crippen LogP contribution in [-0.2, 0) is 23.9 Å². The first-order chi connectivity index (χ1) is 19.1. The number of carbonyl (C=O) groups excluding carboxylic acids is 3. The van der Waals surface area contributed by atoms with Gasteiger partial charge in [-0.15, -0.1) is 0 Å². The summed E-state index contributed by atoms with van der Waals surface area (Å²) in [6.45, 7) is 17.0. The van der Waals surface area contributed by atoms with Gasteiger partial charge in [-0.1, -0.05) is 65.8 Å². The second-order valence-corrected chi connectivity index (χ2v) is 14.8. The fourth-order valence-corrected chi connectivity index (χ4v) is 8.13. The summed E-state index contributed by atoms with van der Waals surface area (Å²) in [7, 11) is 0. The first-order valence-electron chi connectivity index (χ1n) is 15.6. The molecule has 0 radical (unpaired) electrons. The van der Waals surface area contributed by atoms with Crippen LogP contribution >= 0.6 is 0 Å². The van der Waals surface area contributed by atoms with Crippen molar-refractivity contribution in [2.75, 3.05) is 19.8 Å². The molecule has 8 heteroatoms. The van der Waals surface area contributed by atoms with Crippen LogP contribution in [0.3, 0.4) is 0 Å². The predicted octanol–water partition coefficient (Wildman–Crippen LogP) is 4.65. The van der Waals surface area contributed by atoms with Gasteiger partial charge in [0.05, 0.1) is 25.2 Å². The molecule has 0 bridgehead atoms. The van der Waals surface area contributed by atoms with Gasteiger partial charge >= 0.3 is 5.97 Å². The molecule has 2 fully saturated rings. The zero-order chi connectivity index (χ0) is 30.4. The Morgan fingerprint density at radius 3 is 2.34 bits per heavy atom. The number of allylic oxidation sites excluding steroid dienone is 1. The van der Waals surface area contributed by atoms with Crippen LogP contribution in [0, 0.1) is 23.2 Å². The first-order valence-corrected chi connectivity index (χ1v) is 15.6. The van der Waals surface area contributed by atoms with Gasteiger partial charge in [-0.2, -0.15) is 0 Å². The van der Waals surface area contributed by atoms with Gasteiger partial charge in [-0.3, -0.25) is 14.4 Å². The van der Waals surface area contributed by atoms with E-state index in [1.54, 1.807) is 4.90 Å². The Labute approximate surface area is 246 Å². The molecule has 1 spiro atoms. The molecule has 6 atom stereocenters. The van der Waals surface area contributed by atoms with Gasteiger partial charge < -0.3 is 24.4 Å². The Morgan fingerprint density at radius 1 is 1.02 bits per heavy atom. The van der Waals surface area contributed by atoms with Crippen molar-refractivity contribution in [2.45, 2.75) is 123 Å². The van der Waals surface area contributed by atoms with Crippen molar-refractivity contribution < 1.29 is 29.0 Å². The highest BCUT2D eigenvalue weighted by Gasteiger charge is 2.76. The van der Waals surface area contributed by atoms with Gasteiger partial charge in [-0.25, -0.2) is 0 Å². The van der Waals surface area contributed by atoms with Crippen molar-refractivity contribution in [3.63, 3.8) is 0 Å². The fourth-order valence-electron chi connectivity index (χ4n) is 8.13. The summed E-state index contributed by atoms with van der Waals surface area (Å²) in [6.07, 6.45) is 12.0. The van der Waals surface area contributed by atoms with Gasteiger partial charge in [0.1, 0.15) is 23.2 Å². The van der Waals surface area contributed by atoms with E-state index in [4.69, 9.17) is 9.47 Å². The highest BCUT2D eigenvalue weighted by molar-refractivity contribution is 5.99. The van der Waals surface area contributed by atoms with Crippen LogP contribution in [0.15, 0.2) is 24.3 Å². The molecule has 41 heavy (non-hydrogen) atoms. The monoisotopic (exact) mass is 572 g/mol.